The van der Waals surface area contributed by atoms with Gasteiger partial charge in [0.25, 0.3) is 0 Å². The third-order valence-electron chi connectivity index (χ3n) is 4.11. The van der Waals surface area contributed by atoms with Gasteiger partial charge in [-0.05, 0) is 37.3 Å². The zero-order chi connectivity index (χ0) is 14.5. The number of nitrogens with one attached hydrogen (secondary N) is 1. The number of halogens is 1. The van der Waals surface area contributed by atoms with Crippen LogP contribution in [0.1, 0.15) is 38.5 Å². The minimum atomic E-state index is 0.657. The summed E-state index contributed by atoms with van der Waals surface area (Å²) in [5, 5.41) is 3.72. The fourth-order valence-electron chi connectivity index (χ4n) is 3.07. The Balaban J connectivity index is 1.88. The van der Waals surface area contributed by atoms with Crippen molar-refractivity contribution >= 4 is 22.9 Å². The van der Waals surface area contributed by atoms with Gasteiger partial charge in [0.05, 0.1) is 4.34 Å². The second kappa shape index (κ2) is 7.79. The van der Waals surface area contributed by atoms with Gasteiger partial charge in [-0.25, -0.2) is 0 Å². The lowest BCUT2D eigenvalue weighted by Gasteiger charge is -2.40. The van der Waals surface area contributed by atoms with E-state index >= 15 is 0 Å². The maximum absolute atomic E-state index is 6.01. The molecule has 1 aliphatic rings. The summed E-state index contributed by atoms with van der Waals surface area (Å²) in [7, 11) is 0. The van der Waals surface area contributed by atoms with Crippen LogP contribution in [0.2, 0.25) is 4.34 Å². The summed E-state index contributed by atoms with van der Waals surface area (Å²) in [4.78, 5) is 4.08. The molecule has 0 radical (unpaired) electrons. The largest absolute Gasteiger partial charge is 0.311 e. The van der Waals surface area contributed by atoms with Crippen molar-refractivity contribution in [3.05, 3.63) is 21.3 Å². The molecule has 1 aliphatic heterocycles. The van der Waals surface area contributed by atoms with E-state index < -0.39 is 0 Å². The number of rotatable bonds is 6. The number of hydrogen-bond acceptors (Lipinski definition) is 3. The number of nitrogens with zero attached hydrogens (tertiary/aromatic N) is 1. The molecule has 2 unspecified atom stereocenters. The van der Waals surface area contributed by atoms with Crippen LogP contribution >= 0.6 is 22.9 Å². The molecule has 0 bridgehead atoms. The normalized spacial score (nSPS) is 24.4. The lowest BCUT2D eigenvalue weighted by atomic mass is 9.99. The Labute approximate surface area is 132 Å². The highest BCUT2D eigenvalue weighted by molar-refractivity contribution is 7.16. The van der Waals surface area contributed by atoms with Crippen molar-refractivity contribution in [3.8, 4) is 0 Å². The Hall–Kier alpha value is -0.0900. The summed E-state index contributed by atoms with van der Waals surface area (Å²) >= 11 is 7.73. The molecule has 1 N–H and O–H groups in total. The molecule has 1 fully saturated rings. The van der Waals surface area contributed by atoms with Crippen molar-refractivity contribution in [2.24, 2.45) is 5.92 Å². The Morgan fingerprint density at radius 2 is 2.25 bits per heavy atom. The monoisotopic (exact) mass is 314 g/mol. The van der Waals surface area contributed by atoms with E-state index in [1.54, 1.807) is 11.3 Å². The van der Waals surface area contributed by atoms with Crippen molar-refractivity contribution in [3.63, 3.8) is 0 Å². The third-order valence-corrected chi connectivity index (χ3v) is 5.41. The maximum atomic E-state index is 6.01. The highest BCUT2D eigenvalue weighted by Gasteiger charge is 2.26. The van der Waals surface area contributed by atoms with E-state index in [4.69, 9.17) is 11.6 Å². The first-order valence-corrected chi connectivity index (χ1v) is 8.99. The molecule has 2 nitrogen and oxygen atoms in total. The van der Waals surface area contributed by atoms with Gasteiger partial charge in [0.15, 0.2) is 0 Å². The molecule has 2 heterocycles. The Morgan fingerprint density at radius 3 is 2.85 bits per heavy atom. The van der Waals surface area contributed by atoms with E-state index in [1.165, 1.54) is 24.3 Å². The predicted molar refractivity (Wildman–Crippen MR) is 89.9 cm³/mol. The average molecular weight is 315 g/mol. The lowest BCUT2D eigenvalue weighted by molar-refractivity contribution is 0.120. The standard InChI is InChI=1S/C16H27ClN2S/c1-4-14-10-18-13(9-12(2)3)11-19(14)8-7-15-5-6-16(17)20-15/h5-6,12-14,18H,4,7-11H2,1-3H3. The van der Waals surface area contributed by atoms with Gasteiger partial charge in [-0.3, -0.25) is 4.90 Å². The molecule has 0 saturated carbocycles. The first-order valence-electron chi connectivity index (χ1n) is 7.80. The Kier molecular flexibility index (Phi) is 6.34. The van der Waals surface area contributed by atoms with E-state index in [0.717, 1.165) is 29.8 Å². The van der Waals surface area contributed by atoms with E-state index in [1.807, 2.05) is 6.07 Å². The first-order chi connectivity index (χ1) is 9.58. The summed E-state index contributed by atoms with van der Waals surface area (Å²) in [5.74, 6) is 0.767. The molecule has 0 amide bonds. The van der Waals surface area contributed by atoms with Crippen LogP contribution in [0.25, 0.3) is 0 Å². The number of thiophene rings is 1. The molecule has 2 rings (SSSR count). The SMILES string of the molecule is CCC1CNC(CC(C)C)CN1CCc1ccc(Cl)s1. The lowest BCUT2D eigenvalue weighted by Crippen LogP contribution is -2.56. The van der Waals surface area contributed by atoms with Crippen molar-refractivity contribution in [1.82, 2.24) is 10.2 Å². The van der Waals surface area contributed by atoms with Gasteiger partial charge in [0, 0.05) is 36.6 Å². The van der Waals surface area contributed by atoms with Crippen molar-refractivity contribution < 1.29 is 0 Å². The molecule has 1 aromatic rings. The average Bonchev–Trinajstić information content (AvgIpc) is 2.82. The molecule has 20 heavy (non-hydrogen) atoms. The van der Waals surface area contributed by atoms with Gasteiger partial charge < -0.3 is 5.32 Å². The van der Waals surface area contributed by atoms with Crippen molar-refractivity contribution in [2.75, 3.05) is 19.6 Å². The highest BCUT2D eigenvalue weighted by Crippen LogP contribution is 2.23. The molecular weight excluding hydrogens is 288 g/mol. The smallest absolute Gasteiger partial charge is 0.0931 e. The molecule has 1 aromatic heterocycles. The van der Waals surface area contributed by atoms with Crippen LogP contribution in [0.15, 0.2) is 12.1 Å². The molecule has 0 aromatic carbocycles. The second-order valence-corrected chi connectivity index (χ2v) is 8.05. The first kappa shape index (κ1) is 16.3. The van der Waals surface area contributed by atoms with Crippen molar-refractivity contribution in [1.29, 1.82) is 0 Å². The van der Waals surface area contributed by atoms with E-state index in [9.17, 15) is 0 Å². The Morgan fingerprint density at radius 1 is 1.45 bits per heavy atom. The van der Waals surface area contributed by atoms with Crippen LogP contribution in [0.3, 0.4) is 0 Å². The van der Waals surface area contributed by atoms with Crippen LogP contribution in [0.5, 0.6) is 0 Å². The minimum absolute atomic E-state index is 0.657. The van der Waals surface area contributed by atoms with Crippen LogP contribution in [0.4, 0.5) is 0 Å². The minimum Gasteiger partial charge on any atom is -0.311 e. The summed E-state index contributed by atoms with van der Waals surface area (Å²) in [6, 6.07) is 5.53. The summed E-state index contributed by atoms with van der Waals surface area (Å²) in [6.07, 6.45) is 3.63. The van der Waals surface area contributed by atoms with Gasteiger partial charge in [-0.1, -0.05) is 32.4 Å². The zero-order valence-corrected chi connectivity index (χ0v) is 14.4. The molecule has 0 spiro atoms. The maximum Gasteiger partial charge on any atom is 0.0931 e. The highest BCUT2D eigenvalue weighted by atomic mass is 35.5. The quantitative estimate of drug-likeness (QED) is 0.852. The zero-order valence-electron chi connectivity index (χ0n) is 12.9. The van der Waals surface area contributed by atoms with Gasteiger partial charge in [-0.15, -0.1) is 11.3 Å². The van der Waals surface area contributed by atoms with Crippen LogP contribution in [-0.4, -0.2) is 36.6 Å². The molecule has 4 heteroatoms. The summed E-state index contributed by atoms with van der Waals surface area (Å²) in [5.41, 5.74) is 0. The second-order valence-electron chi connectivity index (χ2n) is 6.25. The van der Waals surface area contributed by atoms with Crippen LogP contribution < -0.4 is 5.32 Å². The van der Waals surface area contributed by atoms with Crippen LogP contribution in [0, 0.1) is 5.92 Å². The van der Waals surface area contributed by atoms with Gasteiger partial charge in [0.2, 0.25) is 0 Å². The van der Waals surface area contributed by atoms with Gasteiger partial charge >= 0.3 is 0 Å². The Bertz CT molecular complexity index is 405. The molecular formula is C16H27ClN2S. The summed E-state index contributed by atoms with van der Waals surface area (Å²) in [6.45, 7) is 10.4. The van der Waals surface area contributed by atoms with E-state index in [2.05, 4.69) is 37.1 Å². The number of piperazine rings is 1. The molecule has 1 saturated heterocycles. The van der Waals surface area contributed by atoms with Crippen molar-refractivity contribution in [2.45, 2.75) is 52.1 Å². The predicted octanol–water partition coefficient (Wildman–Crippen LogP) is 4.04. The van der Waals surface area contributed by atoms with Gasteiger partial charge in [0.1, 0.15) is 0 Å². The fraction of sp³-hybridized carbons (Fsp3) is 0.750. The number of hydrogen-bond donors (Lipinski definition) is 1. The van der Waals surface area contributed by atoms with E-state index in [0.29, 0.717) is 12.1 Å². The third kappa shape index (κ3) is 4.73. The molecule has 0 aliphatic carbocycles. The molecule has 2 atom stereocenters. The molecule has 114 valence electrons. The van der Waals surface area contributed by atoms with E-state index in [-0.39, 0.29) is 0 Å². The van der Waals surface area contributed by atoms with Crippen LogP contribution in [-0.2, 0) is 6.42 Å². The van der Waals surface area contributed by atoms with Gasteiger partial charge in [-0.2, -0.15) is 0 Å². The topological polar surface area (TPSA) is 15.3 Å². The fourth-order valence-corrected chi connectivity index (χ4v) is 4.15. The summed E-state index contributed by atoms with van der Waals surface area (Å²) < 4.78 is 0.907.